The fourth-order valence-electron chi connectivity index (χ4n) is 5.52. The molecule has 7 nitrogen and oxygen atoms in total. The van der Waals surface area contributed by atoms with E-state index < -0.39 is 5.97 Å². The van der Waals surface area contributed by atoms with Crippen LogP contribution in [0.3, 0.4) is 0 Å². The van der Waals surface area contributed by atoms with E-state index in [0.717, 1.165) is 6.42 Å². The van der Waals surface area contributed by atoms with Crippen molar-refractivity contribution in [2.24, 2.45) is 35.5 Å². The number of ketones is 1. The van der Waals surface area contributed by atoms with E-state index >= 15 is 0 Å². The molecule has 7 heteroatoms. The number of carbonyl (C=O) groups excluding carboxylic acids is 4. The summed E-state index contributed by atoms with van der Waals surface area (Å²) in [5.41, 5.74) is 0.416. The zero-order valence-electron chi connectivity index (χ0n) is 16.7. The maximum atomic E-state index is 12.9. The van der Waals surface area contributed by atoms with Crippen LogP contribution in [0.15, 0.2) is 36.4 Å². The summed E-state index contributed by atoms with van der Waals surface area (Å²) in [6, 6.07) is 6.52. The van der Waals surface area contributed by atoms with Crippen LogP contribution in [-0.4, -0.2) is 48.7 Å². The highest BCUT2D eigenvalue weighted by Crippen LogP contribution is 2.65. The van der Waals surface area contributed by atoms with Crippen molar-refractivity contribution in [3.05, 3.63) is 42.0 Å². The van der Waals surface area contributed by atoms with Gasteiger partial charge in [-0.2, -0.15) is 0 Å². The highest BCUT2D eigenvalue weighted by Gasteiger charge is 2.66. The van der Waals surface area contributed by atoms with Crippen LogP contribution in [-0.2, 0) is 19.1 Å². The third-order valence-electron chi connectivity index (χ3n) is 7.07. The maximum absolute atomic E-state index is 12.9. The van der Waals surface area contributed by atoms with Crippen molar-refractivity contribution in [1.82, 2.24) is 4.90 Å². The van der Waals surface area contributed by atoms with Gasteiger partial charge in [0.25, 0.3) is 0 Å². The lowest BCUT2D eigenvalue weighted by molar-refractivity contribution is -0.145. The SMILES string of the molecule is COc1ccc(C(=O)COC(=O)CCN2C(=O)[C@@H]3[C@@H]4C=C[C@H]([C@H]5C[C@H]45)[C@@H]3C2=O)cc1. The smallest absolute Gasteiger partial charge is 0.308 e. The van der Waals surface area contributed by atoms with Crippen LogP contribution in [0.5, 0.6) is 5.75 Å². The molecule has 0 spiro atoms. The molecule has 2 amide bonds. The number of imide groups is 1. The standard InChI is InChI=1S/C23H23NO6/c1-29-13-4-2-12(3-5-13)18(25)11-30-19(26)8-9-24-22(27)20-14-6-7-15(17-10-16(14)17)21(20)23(24)28/h2-7,14-17,20-21H,8-11H2,1H3/t14-,15-,16-,17-,20-,21+/m1/s1. The summed E-state index contributed by atoms with van der Waals surface area (Å²) in [7, 11) is 1.54. The first-order valence-corrected chi connectivity index (χ1v) is 10.4. The van der Waals surface area contributed by atoms with Gasteiger partial charge >= 0.3 is 5.97 Å². The van der Waals surface area contributed by atoms with Crippen LogP contribution in [0, 0.1) is 35.5 Å². The number of benzene rings is 1. The Hall–Kier alpha value is -2.96. The molecule has 30 heavy (non-hydrogen) atoms. The summed E-state index contributed by atoms with van der Waals surface area (Å²) in [6.45, 7) is -0.370. The number of esters is 1. The molecule has 0 N–H and O–H groups in total. The van der Waals surface area contributed by atoms with E-state index in [9.17, 15) is 19.2 Å². The van der Waals surface area contributed by atoms with Gasteiger partial charge in [0.05, 0.1) is 25.4 Å². The zero-order chi connectivity index (χ0) is 21.0. The Morgan fingerprint density at radius 1 is 1.00 bits per heavy atom. The molecule has 6 atom stereocenters. The molecule has 0 unspecified atom stereocenters. The van der Waals surface area contributed by atoms with Crippen molar-refractivity contribution in [2.75, 3.05) is 20.3 Å². The zero-order valence-corrected chi connectivity index (χ0v) is 16.7. The van der Waals surface area contributed by atoms with Crippen LogP contribution in [0.2, 0.25) is 0 Å². The maximum Gasteiger partial charge on any atom is 0.308 e. The quantitative estimate of drug-likeness (QED) is 0.296. The first-order valence-electron chi connectivity index (χ1n) is 10.4. The summed E-state index contributed by atoms with van der Waals surface area (Å²) in [5.74, 6) is 0.301. The third kappa shape index (κ3) is 2.95. The minimum absolute atomic E-state index is 0.00893. The van der Waals surface area contributed by atoms with Gasteiger partial charge in [-0.1, -0.05) is 12.2 Å². The predicted molar refractivity (Wildman–Crippen MR) is 104 cm³/mol. The van der Waals surface area contributed by atoms with Gasteiger partial charge in [-0.25, -0.2) is 0 Å². The molecular weight excluding hydrogens is 386 g/mol. The number of hydrogen-bond acceptors (Lipinski definition) is 6. The number of hydrogen-bond donors (Lipinski definition) is 0. The van der Waals surface area contributed by atoms with Crippen molar-refractivity contribution in [2.45, 2.75) is 12.8 Å². The largest absolute Gasteiger partial charge is 0.497 e. The molecule has 1 aliphatic heterocycles. The summed E-state index contributed by atoms with van der Waals surface area (Å²) in [6.07, 6.45) is 5.24. The van der Waals surface area contributed by atoms with Gasteiger partial charge < -0.3 is 9.47 Å². The lowest BCUT2D eigenvalue weighted by Gasteiger charge is -2.37. The molecule has 6 rings (SSSR count). The van der Waals surface area contributed by atoms with Crippen molar-refractivity contribution in [3.63, 3.8) is 0 Å². The van der Waals surface area contributed by atoms with E-state index in [4.69, 9.17) is 9.47 Å². The fraction of sp³-hybridized carbons (Fsp3) is 0.478. The van der Waals surface area contributed by atoms with Gasteiger partial charge in [0.2, 0.25) is 11.8 Å². The van der Waals surface area contributed by atoms with Crippen LogP contribution < -0.4 is 4.74 Å². The second-order valence-electron chi connectivity index (χ2n) is 8.55. The van der Waals surface area contributed by atoms with Crippen molar-refractivity contribution >= 4 is 23.6 Å². The van der Waals surface area contributed by atoms with E-state index in [1.165, 1.54) is 12.0 Å². The molecule has 4 aliphatic carbocycles. The number of rotatable bonds is 7. The lowest BCUT2D eigenvalue weighted by Crippen LogP contribution is -2.40. The van der Waals surface area contributed by atoms with Gasteiger partial charge in [-0.05, 0) is 54.4 Å². The van der Waals surface area contributed by atoms with Gasteiger partial charge in [-0.15, -0.1) is 0 Å². The van der Waals surface area contributed by atoms with E-state index in [1.54, 1.807) is 24.3 Å². The Balaban J connectivity index is 1.14. The van der Waals surface area contributed by atoms with Crippen molar-refractivity contribution in [3.8, 4) is 5.75 Å². The first-order chi connectivity index (χ1) is 14.5. The molecular formula is C23H23NO6. The minimum atomic E-state index is -0.601. The Morgan fingerprint density at radius 3 is 2.17 bits per heavy atom. The molecule has 156 valence electrons. The summed E-state index contributed by atoms with van der Waals surface area (Å²) < 4.78 is 10.1. The van der Waals surface area contributed by atoms with Crippen molar-refractivity contribution in [1.29, 1.82) is 0 Å². The van der Waals surface area contributed by atoms with Crippen LogP contribution in [0.4, 0.5) is 0 Å². The molecule has 0 radical (unpaired) electrons. The van der Waals surface area contributed by atoms with Crippen molar-refractivity contribution < 1.29 is 28.7 Å². The molecule has 3 fully saturated rings. The Bertz CT molecular complexity index is 915. The van der Waals surface area contributed by atoms with Gasteiger partial charge in [0.15, 0.2) is 12.4 Å². The molecule has 0 aromatic heterocycles. The number of Topliss-reactive ketones (excluding diaryl/α,β-unsaturated/α-hetero) is 1. The van der Waals surface area contributed by atoms with E-state index in [-0.39, 0.29) is 60.8 Å². The summed E-state index contributed by atoms with van der Waals surface area (Å²) in [4.78, 5) is 51.2. The number of amides is 2. The van der Waals surface area contributed by atoms with Gasteiger partial charge in [-0.3, -0.25) is 24.1 Å². The molecule has 2 bridgehead atoms. The lowest BCUT2D eigenvalue weighted by atomic mass is 9.63. The molecule has 1 saturated heterocycles. The summed E-state index contributed by atoms with van der Waals surface area (Å²) in [5, 5.41) is 0. The highest BCUT2D eigenvalue weighted by atomic mass is 16.5. The number of likely N-dealkylation sites (tertiary alicyclic amines) is 1. The molecule has 1 heterocycles. The second kappa shape index (κ2) is 7.07. The van der Waals surface area contributed by atoms with E-state index in [2.05, 4.69) is 12.2 Å². The van der Waals surface area contributed by atoms with Crippen LogP contribution >= 0.6 is 0 Å². The normalized spacial score (nSPS) is 32.6. The Kier molecular flexibility index (Phi) is 4.49. The molecule has 5 aliphatic rings. The van der Waals surface area contributed by atoms with Gasteiger partial charge in [0, 0.05) is 12.1 Å². The van der Waals surface area contributed by atoms with Gasteiger partial charge in [0.1, 0.15) is 5.75 Å². The average molecular weight is 409 g/mol. The number of carbonyl (C=O) groups is 4. The Labute approximate surface area is 174 Å². The summed E-state index contributed by atoms with van der Waals surface area (Å²) >= 11 is 0. The second-order valence-corrected chi connectivity index (χ2v) is 8.55. The van der Waals surface area contributed by atoms with Crippen LogP contribution in [0.1, 0.15) is 23.2 Å². The number of ether oxygens (including phenoxy) is 2. The highest BCUT2D eigenvalue weighted by molar-refractivity contribution is 6.06. The molecule has 2 saturated carbocycles. The molecule has 1 aromatic carbocycles. The first kappa shape index (κ1) is 19.0. The Morgan fingerprint density at radius 2 is 1.60 bits per heavy atom. The van der Waals surface area contributed by atoms with E-state index in [1.807, 2.05) is 0 Å². The fourth-order valence-corrected chi connectivity index (χ4v) is 5.52. The van der Waals surface area contributed by atoms with E-state index in [0.29, 0.717) is 23.1 Å². The number of nitrogens with zero attached hydrogens (tertiary/aromatic N) is 1. The molecule has 1 aromatic rings. The average Bonchev–Trinajstić information content (AvgIpc) is 3.55. The number of methoxy groups -OCH3 is 1. The predicted octanol–water partition coefficient (Wildman–Crippen LogP) is 1.86. The monoisotopic (exact) mass is 409 g/mol. The third-order valence-corrected chi connectivity index (χ3v) is 7.07. The topological polar surface area (TPSA) is 90.0 Å². The van der Waals surface area contributed by atoms with Crippen LogP contribution in [0.25, 0.3) is 0 Å². The number of allylic oxidation sites excluding steroid dienone is 2. The minimum Gasteiger partial charge on any atom is -0.497 e.